The molecule has 0 radical (unpaired) electrons. The SMILES string of the molecule is CN1CCN([C@@H]2CCCN(c3cnc(C(N)=O)c(Nc4ccc(N5CCC6(CC5)CNC6)cc4)n3)C2)C1=O. The van der Waals surface area contributed by atoms with Crippen molar-refractivity contribution in [3.63, 3.8) is 0 Å². The van der Waals surface area contributed by atoms with Crippen LogP contribution >= 0.6 is 0 Å². The van der Waals surface area contributed by atoms with Crippen molar-refractivity contribution in [2.45, 2.75) is 31.7 Å². The van der Waals surface area contributed by atoms with E-state index >= 15 is 0 Å². The van der Waals surface area contributed by atoms with Crippen LogP contribution in [0.25, 0.3) is 0 Å². The van der Waals surface area contributed by atoms with E-state index in [9.17, 15) is 9.59 Å². The molecule has 2 aromatic rings. The number of aromatic nitrogens is 2. The maximum atomic E-state index is 12.5. The topological polar surface area (TPSA) is 123 Å². The second-order valence-electron chi connectivity index (χ2n) is 11.2. The molecular formula is C27H37N9O2. The monoisotopic (exact) mass is 519 g/mol. The predicted octanol–water partition coefficient (Wildman–Crippen LogP) is 1.85. The summed E-state index contributed by atoms with van der Waals surface area (Å²) in [5.41, 5.74) is 8.28. The summed E-state index contributed by atoms with van der Waals surface area (Å²) in [5.74, 6) is 0.393. The van der Waals surface area contributed by atoms with Gasteiger partial charge in [-0.05, 0) is 55.4 Å². The van der Waals surface area contributed by atoms with E-state index in [2.05, 4.69) is 37.6 Å². The van der Waals surface area contributed by atoms with E-state index in [1.807, 2.05) is 24.1 Å². The van der Waals surface area contributed by atoms with Crippen LogP contribution in [0.15, 0.2) is 30.5 Å². The number of amides is 3. The fraction of sp³-hybridized carbons (Fsp3) is 0.556. The number of nitrogens with two attached hydrogens (primary N) is 1. The minimum atomic E-state index is -0.627. The third kappa shape index (κ3) is 4.70. The second kappa shape index (κ2) is 9.94. The third-order valence-electron chi connectivity index (χ3n) is 8.72. The summed E-state index contributed by atoms with van der Waals surface area (Å²) in [6.07, 6.45) is 5.98. The van der Waals surface area contributed by atoms with Gasteiger partial charge >= 0.3 is 6.03 Å². The average Bonchev–Trinajstić information content (AvgIpc) is 3.26. The van der Waals surface area contributed by atoms with Crippen LogP contribution in [-0.4, -0.2) is 97.2 Å². The third-order valence-corrected chi connectivity index (χ3v) is 8.72. The van der Waals surface area contributed by atoms with E-state index in [4.69, 9.17) is 10.7 Å². The second-order valence-corrected chi connectivity index (χ2v) is 11.2. The number of nitrogens with one attached hydrogen (secondary N) is 2. The molecule has 6 rings (SSSR count). The lowest BCUT2D eigenvalue weighted by Crippen LogP contribution is -2.58. The smallest absolute Gasteiger partial charge is 0.320 e. The Labute approximate surface area is 223 Å². The molecule has 4 fully saturated rings. The molecule has 0 aliphatic carbocycles. The molecule has 4 N–H and O–H groups in total. The Morgan fingerprint density at radius 1 is 1.08 bits per heavy atom. The predicted molar refractivity (Wildman–Crippen MR) is 147 cm³/mol. The highest BCUT2D eigenvalue weighted by Crippen LogP contribution is 2.37. The molecular weight excluding hydrogens is 482 g/mol. The number of hydrogen-bond acceptors (Lipinski definition) is 8. The van der Waals surface area contributed by atoms with E-state index in [1.54, 1.807) is 11.1 Å². The number of urea groups is 1. The quantitative estimate of drug-likeness (QED) is 0.529. The summed E-state index contributed by atoms with van der Waals surface area (Å²) in [4.78, 5) is 42.1. The number of piperidine rings is 2. The van der Waals surface area contributed by atoms with Gasteiger partial charge in [0.25, 0.3) is 5.91 Å². The Kier molecular flexibility index (Phi) is 6.46. The molecule has 202 valence electrons. The van der Waals surface area contributed by atoms with Crippen molar-refractivity contribution >= 4 is 34.9 Å². The number of hydrogen-bond donors (Lipinski definition) is 3. The van der Waals surface area contributed by atoms with Gasteiger partial charge < -0.3 is 36.0 Å². The van der Waals surface area contributed by atoms with Gasteiger partial charge in [0.2, 0.25) is 0 Å². The molecule has 1 atom stereocenters. The summed E-state index contributed by atoms with van der Waals surface area (Å²) < 4.78 is 0. The average molecular weight is 520 g/mol. The largest absolute Gasteiger partial charge is 0.371 e. The maximum absolute atomic E-state index is 12.5. The number of anilines is 4. The molecule has 0 saturated carbocycles. The molecule has 1 spiro atoms. The van der Waals surface area contributed by atoms with Crippen LogP contribution in [-0.2, 0) is 0 Å². The maximum Gasteiger partial charge on any atom is 0.320 e. The van der Waals surface area contributed by atoms with Crippen molar-refractivity contribution < 1.29 is 9.59 Å². The Hall–Kier alpha value is -3.60. The van der Waals surface area contributed by atoms with Gasteiger partial charge in [0, 0.05) is 70.8 Å². The van der Waals surface area contributed by atoms with Crippen LogP contribution in [0.2, 0.25) is 0 Å². The zero-order valence-electron chi connectivity index (χ0n) is 22.0. The van der Waals surface area contributed by atoms with E-state index in [-0.39, 0.29) is 17.8 Å². The van der Waals surface area contributed by atoms with Gasteiger partial charge in [0.15, 0.2) is 11.5 Å². The summed E-state index contributed by atoms with van der Waals surface area (Å²) in [6, 6.07) is 8.46. The molecule has 1 aromatic heterocycles. The molecule has 4 aliphatic heterocycles. The number of likely N-dealkylation sites (N-methyl/N-ethyl adjacent to an activating group) is 1. The first kappa shape index (κ1) is 24.7. The minimum absolute atomic E-state index is 0.0851. The van der Waals surface area contributed by atoms with Crippen LogP contribution in [0.5, 0.6) is 0 Å². The van der Waals surface area contributed by atoms with Gasteiger partial charge in [0.1, 0.15) is 5.82 Å². The highest BCUT2D eigenvalue weighted by Gasteiger charge is 2.39. The number of carbonyl (C=O) groups is 2. The van der Waals surface area contributed by atoms with Crippen LogP contribution in [0.3, 0.4) is 0 Å². The van der Waals surface area contributed by atoms with Crippen molar-refractivity contribution in [2.75, 3.05) is 74.5 Å². The minimum Gasteiger partial charge on any atom is -0.371 e. The fourth-order valence-electron chi connectivity index (χ4n) is 6.19. The fourth-order valence-corrected chi connectivity index (χ4v) is 6.19. The number of carbonyl (C=O) groups excluding carboxylic acids is 2. The van der Waals surface area contributed by atoms with Gasteiger partial charge in [-0.1, -0.05) is 0 Å². The zero-order valence-corrected chi connectivity index (χ0v) is 22.0. The molecule has 3 amide bonds. The Bertz CT molecular complexity index is 1190. The van der Waals surface area contributed by atoms with Crippen molar-refractivity contribution in [1.82, 2.24) is 25.1 Å². The van der Waals surface area contributed by atoms with Gasteiger partial charge in [-0.3, -0.25) is 4.79 Å². The molecule has 1 aromatic carbocycles. The molecule has 4 saturated heterocycles. The van der Waals surface area contributed by atoms with Gasteiger partial charge in [-0.15, -0.1) is 0 Å². The van der Waals surface area contributed by atoms with E-state index in [0.717, 1.165) is 64.3 Å². The van der Waals surface area contributed by atoms with Gasteiger partial charge in [-0.25, -0.2) is 14.8 Å². The normalized spacial score (nSPS) is 23.1. The summed E-state index contributed by atoms with van der Waals surface area (Å²) in [6.45, 7) is 7.46. The molecule has 11 heteroatoms. The first-order valence-electron chi connectivity index (χ1n) is 13.7. The summed E-state index contributed by atoms with van der Waals surface area (Å²) in [5, 5.41) is 6.70. The summed E-state index contributed by atoms with van der Waals surface area (Å²) >= 11 is 0. The van der Waals surface area contributed by atoms with Gasteiger partial charge in [-0.2, -0.15) is 0 Å². The van der Waals surface area contributed by atoms with Crippen molar-refractivity contribution in [3.05, 3.63) is 36.2 Å². The van der Waals surface area contributed by atoms with E-state index in [0.29, 0.717) is 23.6 Å². The highest BCUT2D eigenvalue weighted by molar-refractivity contribution is 5.96. The molecule has 11 nitrogen and oxygen atoms in total. The van der Waals surface area contributed by atoms with Crippen molar-refractivity contribution in [1.29, 1.82) is 0 Å². The molecule has 38 heavy (non-hydrogen) atoms. The first-order chi connectivity index (χ1) is 18.4. The standard InChI is InChI=1S/C27H37N9O2/c1-33-13-14-36(26(33)38)21-3-2-10-35(16-21)22-15-30-23(24(28)37)25(32-22)31-19-4-6-20(7-5-19)34-11-8-27(9-12-34)17-29-18-27/h4-7,15,21,29H,2-3,8-14,16-18H2,1H3,(H2,28,37)(H,31,32)/t21-/m1/s1. The lowest BCUT2D eigenvalue weighted by Gasteiger charge is -2.49. The highest BCUT2D eigenvalue weighted by atomic mass is 16.2. The van der Waals surface area contributed by atoms with Crippen LogP contribution in [0.1, 0.15) is 36.2 Å². The Balaban J connectivity index is 1.15. The Morgan fingerprint density at radius 2 is 1.84 bits per heavy atom. The number of primary amides is 1. The zero-order chi connectivity index (χ0) is 26.3. The number of rotatable bonds is 6. The summed E-state index contributed by atoms with van der Waals surface area (Å²) in [7, 11) is 1.84. The van der Waals surface area contributed by atoms with Gasteiger partial charge in [0.05, 0.1) is 12.2 Å². The molecule has 5 heterocycles. The van der Waals surface area contributed by atoms with E-state index in [1.165, 1.54) is 18.5 Å². The number of nitrogens with zero attached hydrogens (tertiary/aromatic N) is 6. The van der Waals surface area contributed by atoms with Crippen molar-refractivity contribution in [3.8, 4) is 0 Å². The van der Waals surface area contributed by atoms with Crippen molar-refractivity contribution in [2.24, 2.45) is 11.1 Å². The van der Waals surface area contributed by atoms with E-state index < -0.39 is 5.91 Å². The molecule has 0 bridgehead atoms. The Morgan fingerprint density at radius 3 is 2.47 bits per heavy atom. The molecule has 4 aliphatic rings. The lowest BCUT2D eigenvalue weighted by molar-refractivity contribution is 0.0996. The van der Waals surface area contributed by atoms with Crippen LogP contribution in [0, 0.1) is 5.41 Å². The van der Waals surface area contributed by atoms with Crippen LogP contribution in [0.4, 0.5) is 27.8 Å². The molecule has 0 unspecified atom stereocenters. The number of benzene rings is 1. The lowest BCUT2D eigenvalue weighted by atomic mass is 9.73. The van der Waals surface area contributed by atoms with Crippen LogP contribution < -0.4 is 26.2 Å². The first-order valence-corrected chi connectivity index (χ1v) is 13.7.